The fraction of sp³-hybridized carbons (Fsp3) is 0.409. The van der Waals surface area contributed by atoms with Crippen LogP contribution in [0.1, 0.15) is 18.1 Å². The van der Waals surface area contributed by atoms with E-state index in [0.29, 0.717) is 18.8 Å². The van der Waals surface area contributed by atoms with Gasteiger partial charge in [0.25, 0.3) is 0 Å². The Kier molecular flexibility index (Phi) is 6.59. The van der Waals surface area contributed by atoms with Gasteiger partial charge in [-0.05, 0) is 26.0 Å². The zero-order chi connectivity index (χ0) is 21.0. The van der Waals surface area contributed by atoms with Crippen molar-refractivity contribution in [1.82, 2.24) is 4.90 Å². The molecule has 0 radical (unpaired) electrons. The van der Waals surface area contributed by atoms with Gasteiger partial charge >= 0.3 is 0 Å². The number of carbonyl (C=O) groups is 1. The van der Waals surface area contributed by atoms with E-state index in [-0.39, 0.29) is 5.91 Å². The van der Waals surface area contributed by atoms with Crippen molar-refractivity contribution in [2.24, 2.45) is 0 Å². The highest BCUT2D eigenvalue weighted by molar-refractivity contribution is 7.92. The smallest absolute Gasteiger partial charge is 0.246 e. The summed E-state index contributed by atoms with van der Waals surface area (Å²) in [5.74, 6) is -0.144. The molecule has 156 valence electrons. The number of hydrogen-bond donors (Lipinski definition) is 1. The van der Waals surface area contributed by atoms with Gasteiger partial charge in [-0.25, -0.2) is 8.42 Å². The number of hydrogen-bond acceptors (Lipinski definition) is 3. The molecule has 1 aliphatic heterocycles. The maximum atomic E-state index is 13.1. The Balaban J connectivity index is 1.66. The Morgan fingerprint density at radius 1 is 1.07 bits per heavy atom. The number of benzene rings is 2. The Hall–Kier alpha value is -2.38. The van der Waals surface area contributed by atoms with Crippen LogP contribution < -0.4 is 9.21 Å². The number of sulfonamides is 1. The van der Waals surface area contributed by atoms with Crippen molar-refractivity contribution in [2.75, 3.05) is 36.7 Å². The van der Waals surface area contributed by atoms with Crippen LogP contribution in [0.25, 0.3) is 0 Å². The first kappa shape index (κ1) is 21.3. The van der Waals surface area contributed by atoms with E-state index in [1.807, 2.05) is 37.3 Å². The highest BCUT2D eigenvalue weighted by Crippen LogP contribution is 2.22. The van der Waals surface area contributed by atoms with Crippen LogP contribution in [-0.2, 0) is 21.4 Å². The van der Waals surface area contributed by atoms with Crippen molar-refractivity contribution in [1.29, 1.82) is 0 Å². The number of rotatable bonds is 6. The molecule has 2 aromatic rings. The van der Waals surface area contributed by atoms with Gasteiger partial charge in [0.2, 0.25) is 15.9 Å². The van der Waals surface area contributed by atoms with Crippen LogP contribution >= 0.6 is 0 Å². The Labute approximate surface area is 173 Å². The average Bonchev–Trinajstić information content (AvgIpc) is 2.69. The van der Waals surface area contributed by atoms with Crippen LogP contribution in [0.2, 0.25) is 0 Å². The molecule has 1 aliphatic rings. The molecule has 2 aromatic carbocycles. The third-order valence-electron chi connectivity index (χ3n) is 5.43. The van der Waals surface area contributed by atoms with Crippen molar-refractivity contribution in [3.63, 3.8) is 0 Å². The molecule has 0 spiro atoms. The zero-order valence-electron chi connectivity index (χ0n) is 17.3. The highest BCUT2D eigenvalue weighted by Gasteiger charge is 2.34. The first-order valence-corrected chi connectivity index (χ1v) is 11.8. The van der Waals surface area contributed by atoms with E-state index in [1.165, 1.54) is 14.8 Å². The molecule has 0 aromatic heterocycles. The van der Waals surface area contributed by atoms with Crippen LogP contribution in [0, 0.1) is 6.92 Å². The fourth-order valence-corrected chi connectivity index (χ4v) is 5.03. The van der Waals surface area contributed by atoms with Crippen LogP contribution in [0.3, 0.4) is 0 Å². The molecule has 1 N–H and O–H groups in total. The lowest BCUT2D eigenvalue weighted by atomic mass is 10.1. The molecule has 0 bridgehead atoms. The predicted octanol–water partition coefficient (Wildman–Crippen LogP) is 1.08. The molecule has 0 saturated carbocycles. The fourth-order valence-electron chi connectivity index (χ4n) is 3.86. The van der Waals surface area contributed by atoms with Crippen LogP contribution in [0.4, 0.5) is 5.69 Å². The maximum absolute atomic E-state index is 13.1. The average molecular weight is 417 g/mol. The van der Waals surface area contributed by atoms with Crippen molar-refractivity contribution in [3.05, 3.63) is 65.7 Å². The molecule has 6 nitrogen and oxygen atoms in total. The van der Waals surface area contributed by atoms with Crippen LogP contribution in [-0.4, -0.2) is 57.7 Å². The van der Waals surface area contributed by atoms with Gasteiger partial charge in [-0.1, -0.05) is 48.0 Å². The standard InChI is InChI=1S/C22H29N3O3S/c1-18-9-11-21(12-10-18)25(29(3,27)28)19(2)22(26)24-15-13-23(14-16-24)17-20-7-5-4-6-8-20/h4-12,19H,13-17H2,1-3H3/p+1/t19-/m1/s1. The number of amides is 1. The SMILES string of the molecule is Cc1ccc(N([C@H](C)C(=O)N2CC[NH+](Cc3ccccc3)CC2)S(C)(=O)=O)cc1. The number of carbonyl (C=O) groups excluding carboxylic acids is 1. The Bertz CT molecular complexity index is 922. The topological polar surface area (TPSA) is 62.1 Å². The molecule has 0 unspecified atom stereocenters. The Morgan fingerprint density at radius 2 is 1.66 bits per heavy atom. The number of piperazine rings is 1. The largest absolute Gasteiger partial charge is 0.330 e. The summed E-state index contributed by atoms with van der Waals surface area (Å²) in [4.78, 5) is 16.3. The molecule has 3 rings (SSSR count). The molecule has 1 saturated heterocycles. The lowest BCUT2D eigenvalue weighted by Crippen LogP contribution is -3.13. The molecule has 1 fully saturated rings. The van der Waals surface area contributed by atoms with Gasteiger partial charge < -0.3 is 9.80 Å². The highest BCUT2D eigenvalue weighted by atomic mass is 32.2. The minimum atomic E-state index is -3.58. The van der Waals surface area contributed by atoms with E-state index >= 15 is 0 Å². The summed E-state index contributed by atoms with van der Waals surface area (Å²) in [5, 5.41) is 0. The lowest BCUT2D eigenvalue weighted by Gasteiger charge is -2.36. The molecule has 29 heavy (non-hydrogen) atoms. The normalized spacial score (nSPS) is 16.4. The third-order valence-corrected chi connectivity index (χ3v) is 6.68. The summed E-state index contributed by atoms with van der Waals surface area (Å²) in [6.07, 6.45) is 1.15. The zero-order valence-corrected chi connectivity index (χ0v) is 18.2. The van der Waals surface area contributed by atoms with E-state index in [0.717, 1.165) is 31.5 Å². The summed E-state index contributed by atoms with van der Waals surface area (Å²) in [6.45, 7) is 7.55. The van der Waals surface area contributed by atoms with E-state index in [4.69, 9.17) is 0 Å². The van der Waals surface area contributed by atoms with E-state index < -0.39 is 16.1 Å². The van der Waals surface area contributed by atoms with Gasteiger partial charge in [-0.2, -0.15) is 0 Å². The number of quaternary nitrogens is 1. The second-order valence-electron chi connectivity index (χ2n) is 7.81. The van der Waals surface area contributed by atoms with Crippen LogP contribution in [0.15, 0.2) is 54.6 Å². The summed E-state index contributed by atoms with van der Waals surface area (Å²) < 4.78 is 26.1. The molecule has 1 atom stereocenters. The number of anilines is 1. The maximum Gasteiger partial charge on any atom is 0.246 e. The predicted molar refractivity (Wildman–Crippen MR) is 115 cm³/mol. The molecular formula is C22H30N3O3S+. The molecular weight excluding hydrogens is 386 g/mol. The van der Waals surface area contributed by atoms with Gasteiger partial charge in [0.1, 0.15) is 12.6 Å². The summed E-state index contributed by atoms with van der Waals surface area (Å²) in [7, 11) is -3.58. The van der Waals surface area contributed by atoms with Gasteiger partial charge in [0.05, 0.1) is 38.1 Å². The van der Waals surface area contributed by atoms with E-state index in [9.17, 15) is 13.2 Å². The second kappa shape index (κ2) is 8.97. The van der Waals surface area contributed by atoms with Crippen LogP contribution in [0.5, 0.6) is 0 Å². The quantitative estimate of drug-likeness (QED) is 0.767. The van der Waals surface area contributed by atoms with E-state index in [1.54, 1.807) is 24.0 Å². The molecule has 7 heteroatoms. The Morgan fingerprint density at radius 3 is 2.21 bits per heavy atom. The first-order chi connectivity index (χ1) is 13.8. The van der Waals surface area contributed by atoms with Gasteiger partial charge in [-0.3, -0.25) is 9.10 Å². The lowest BCUT2D eigenvalue weighted by molar-refractivity contribution is -0.917. The summed E-state index contributed by atoms with van der Waals surface area (Å²) in [6, 6.07) is 16.8. The summed E-state index contributed by atoms with van der Waals surface area (Å²) in [5.41, 5.74) is 2.85. The second-order valence-corrected chi connectivity index (χ2v) is 9.67. The van der Waals surface area contributed by atoms with Gasteiger partial charge in [0, 0.05) is 5.56 Å². The monoisotopic (exact) mass is 416 g/mol. The van der Waals surface area contributed by atoms with Crippen molar-refractivity contribution in [2.45, 2.75) is 26.4 Å². The molecule has 0 aliphatic carbocycles. The van der Waals surface area contributed by atoms with Crippen molar-refractivity contribution < 1.29 is 18.1 Å². The van der Waals surface area contributed by atoms with E-state index in [2.05, 4.69) is 12.1 Å². The minimum absolute atomic E-state index is 0.144. The van der Waals surface area contributed by atoms with Gasteiger partial charge in [0.15, 0.2) is 0 Å². The van der Waals surface area contributed by atoms with Crippen molar-refractivity contribution >= 4 is 21.6 Å². The van der Waals surface area contributed by atoms with Crippen molar-refractivity contribution in [3.8, 4) is 0 Å². The van der Waals surface area contributed by atoms with Gasteiger partial charge in [-0.15, -0.1) is 0 Å². The first-order valence-electron chi connectivity index (χ1n) is 9.98. The molecule has 1 heterocycles. The molecule has 1 amide bonds. The summed E-state index contributed by atoms with van der Waals surface area (Å²) >= 11 is 0. The number of nitrogens with one attached hydrogen (secondary N) is 1. The minimum Gasteiger partial charge on any atom is -0.330 e. The number of nitrogens with zero attached hydrogens (tertiary/aromatic N) is 2. The number of aryl methyl sites for hydroxylation is 1. The third kappa shape index (κ3) is 5.36.